The third kappa shape index (κ3) is 4.90. The largest absolute Gasteiger partial charge is 0.348 e. The predicted molar refractivity (Wildman–Crippen MR) is 124 cm³/mol. The monoisotopic (exact) mass is 491 g/mol. The molecule has 0 bridgehead atoms. The van der Waals surface area contributed by atoms with Gasteiger partial charge in [-0.3, -0.25) is 4.79 Å². The summed E-state index contributed by atoms with van der Waals surface area (Å²) in [6.45, 7) is 6.36. The Morgan fingerprint density at radius 3 is 3.07 bits per heavy atom. The molecule has 1 aliphatic rings. The average Bonchev–Trinajstić information content (AvgIpc) is 3.13. The fraction of sp³-hybridized carbons (Fsp3) is 0.400. The first-order chi connectivity index (χ1) is 14.0. The molecule has 1 saturated heterocycles. The van der Waals surface area contributed by atoms with Crippen molar-refractivity contribution < 1.29 is 4.79 Å². The molecule has 0 radical (unpaired) electrons. The van der Waals surface area contributed by atoms with Crippen molar-refractivity contribution in [3.05, 3.63) is 34.6 Å². The number of hydrogen-bond acceptors (Lipinski definition) is 7. The van der Waals surface area contributed by atoms with Crippen LogP contribution in [0.15, 0.2) is 34.0 Å². The van der Waals surface area contributed by atoms with Crippen molar-refractivity contribution >= 4 is 66.1 Å². The van der Waals surface area contributed by atoms with E-state index in [1.165, 1.54) is 30.9 Å². The third-order valence-electron chi connectivity index (χ3n) is 4.81. The fourth-order valence-corrected chi connectivity index (χ4v) is 5.88. The van der Waals surface area contributed by atoms with Gasteiger partial charge in [-0.1, -0.05) is 36.1 Å². The van der Waals surface area contributed by atoms with Crippen molar-refractivity contribution in [2.45, 2.75) is 31.7 Å². The van der Waals surface area contributed by atoms with Gasteiger partial charge in [0, 0.05) is 17.6 Å². The first kappa shape index (κ1) is 20.6. The van der Waals surface area contributed by atoms with E-state index >= 15 is 0 Å². The zero-order chi connectivity index (χ0) is 20.4. The molecule has 1 aliphatic heterocycles. The number of hydrogen-bond donors (Lipinski definition) is 1. The van der Waals surface area contributed by atoms with Crippen molar-refractivity contribution in [1.82, 2.24) is 15.0 Å². The van der Waals surface area contributed by atoms with Gasteiger partial charge >= 0.3 is 0 Å². The molecule has 1 N–H and O–H groups in total. The number of nitrogens with zero attached hydrogens (tertiary/aromatic N) is 4. The number of piperidine rings is 1. The summed E-state index contributed by atoms with van der Waals surface area (Å²) in [7, 11) is 0. The van der Waals surface area contributed by atoms with Crippen molar-refractivity contribution in [2.24, 2.45) is 5.92 Å². The lowest BCUT2D eigenvalue weighted by Crippen LogP contribution is -2.34. The molecular formula is C20H22BrN5OS2. The number of rotatable bonds is 5. The zero-order valence-electron chi connectivity index (χ0n) is 16.3. The lowest BCUT2D eigenvalue weighted by molar-refractivity contribution is -0.113. The predicted octanol–water partition coefficient (Wildman–Crippen LogP) is 5.12. The standard InChI is InChI=1S/C20H22BrN5OS2/c1-12-5-6-15(14(21)8-12)24-16(27)10-28-19-17-18(22-11-23-19)25-20(29-17)26-7-3-4-13(2)9-26/h5-6,8,11,13H,3-4,7,9-10H2,1-2H3,(H,24,27)/t13-/m1/s1. The van der Waals surface area contributed by atoms with Crippen LogP contribution in [-0.2, 0) is 4.79 Å². The van der Waals surface area contributed by atoms with E-state index in [0.717, 1.165) is 43.7 Å². The minimum atomic E-state index is -0.0686. The molecule has 152 valence electrons. The molecule has 0 unspecified atom stereocenters. The molecule has 0 aliphatic carbocycles. The minimum Gasteiger partial charge on any atom is -0.348 e. The number of benzene rings is 1. The van der Waals surface area contributed by atoms with Crippen LogP contribution in [0.2, 0.25) is 0 Å². The molecule has 0 spiro atoms. The van der Waals surface area contributed by atoms with Gasteiger partial charge < -0.3 is 10.2 Å². The van der Waals surface area contributed by atoms with Crippen LogP contribution in [0, 0.1) is 12.8 Å². The van der Waals surface area contributed by atoms with E-state index in [0.29, 0.717) is 11.6 Å². The SMILES string of the molecule is Cc1ccc(NC(=O)CSc2ncnc3nc(N4CCC[C@@H](C)C4)sc23)c(Br)c1. The highest BCUT2D eigenvalue weighted by atomic mass is 79.9. The van der Waals surface area contributed by atoms with Crippen LogP contribution in [0.4, 0.5) is 10.8 Å². The highest BCUT2D eigenvalue weighted by molar-refractivity contribution is 9.10. The molecular weight excluding hydrogens is 470 g/mol. The molecule has 6 nitrogen and oxygen atoms in total. The molecule has 1 atom stereocenters. The summed E-state index contributed by atoms with van der Waals surface area (Å²) in [6.07, 6.45) is 4.00. The van der Waals surface area contributed by atoms with Crippen LogP contribution < -0.4 is 10.2 Å². The summed E-state index contributed by atoms with van der Waals surface area (Å²) in [5.74, 6) is 0.891. The van der Waals surface area contributed by atoms with Gasteiger partial charge in [0.25, 0.3) is 0 Å². The second-order valence-corrected chi connectivity index (χ2v) is 10.1. The summed E-state index contributed by atoms with van der Waals surface area (Å²) in [5.41, 5.74) is 2.62. The number of thioether (sulfide) groups is 1. The highest BCUT2D eigenvalue weighted by Gasteiger charge is 2.21. The van der Waals surface area contributed by atoms with Gasteiger partial charge in [-0.2, -0.15) is 4.98 Å². The molecule has 9 heteroatoms. The van der Waals surface area contributed by atoms with Gasteiger partial charge in [0.2, 0.25) is 5.91 Å². The first-order valence-corrected chi connectivity index (χ1v) is 12.1. The lowest BCUT2D eigenvalue weighted by Gasteiger charge is -2.30. The number of carbonyl (C=O) groups is 1. The van der Waals surface area contributed by atoms with Gasteiger partial charge in [0.1, 0.15) is 16.1 Å². The Kier molecular flexibility index (Phi) is 6.36. The van der Waals surface area contributed by atoms with E-state index in [1.54, 1.807) is 11.3 Å². The number of aromatic nitrogens is 3. The van der Waals surface area contributed by atoms with Gasteiger partial charge in [-0.25, -0.2) is 9.97 Å². The van der Waals surface area contributed by atoms with E-state index in [-0.39, 0.29) is 11.7 Å². The smallest absolute Gasteiger partial charge is 0.234 e. The van der Waals surface area contributed by atoms with E-state index < -0.39 is 0 Å². The second kappa shape index (κ2) is 8.97. The number of halogens is 1. The molecule has 1 fully saturated rings. The topological polar surface area (TPSA) is 71.0 Å². The van der Waals surface area contributed by atoms with E-state index in [9.17, 15) is 4.79 Å². The molecule has 29 heavy (non-hydrogen) atoms. The van der Waals surface area contributed by atoms with Gasteiger partial charge in [-0.05, 0) is 59.3 Å². The van der Waals surface area contributed by atoms with Crippen molar-refractivity contribution in [3.63, 3.8) is 0 Å². The van der Waals surface area contributed by atoms with E-state index in [2.05, 4.69) is 43.0 Å². The summed E-state index contributed by atoms with van der Waals surface area (Å²) in [6, 6.07) is 5.86. The van der Waals surface area contributed by atoms with Crippen LogP contribution >= 0.6 is 39.0 Å². The average molecular weight is 492 g/mol. The molecule has 4 rings (SSSR count). The third-order valence-corrected chi connectivity index (χ3v) is 7.70. The Labute approximate surface area is 186 Å². The maximum atomic E-state index is 12.4. The quantitative estimate of drug-likeness (QED) is 0.394. The van der Waals surface area contributed by atoms with Gasteiger partial charge in [0.15, 0.2) is 10.8 Å². The molecule has 1 amide bonds. The number of amides is 1. The number of carbonyl (C=O) groups excluding carboxylic acids is 1. The Morgan fingerprint density at radius 2 is 2.28 bits per heavy atom. The number of anilines is 2. The fourth-order valence-electron chi connectivity index (χ4n) is 3.37. The number of thiazole rings is 1. The van der Waals surface area contributed by atoms with Crippen LogP contribution in [0.5, 0.6) is 0 Å². The minimum absolute atomic E-state index is 0.0686. The van der Waals surface area contributed by atoms with E-state index in [1.807, 2.05) is 25.1 Å². The van der Waals surface area contributed by atoms with Gasteiger partial charge in [-0.15, -0.1) is 0 Å². The maximum absolute atomic E-state index is 12.4. The number of nitrogens with one attached hydrogen (secondary N) is 1. The van der Waals surface area contributed by atoms with Crippen molar-refractivity contribution in [2.75, 3.05) is 29.1 Å². The lowest BCUT2D eigenvalue weighted by atomic mass is 10.0. The van der Waals surface area contributed by atoms with Crippen LogP contribution in [0.1, 0.15) is 25.3 Å². The number of aryl methyl sites for hydroxylation is 1. The molecule has 3 heterocycles. The van der Waals surface area contributed by atoms with Crippen LogP contribution in [0.3, 0.4) is 0 Å². The van der Waals surface area contributed by atoms with Crippen LogP contribution in [-0.4, -0.2) is 39.7 Å². The maximum Gasteiger partial charge on any atom is 0.234 e. The van der Waals surface area contributed by atoms with Crippen molar-refractivity contribution in [3.8, 4) is 0 Å². The summed E-state index contributed by atoms with van der Waals surface area (Å²) in [5, 5.41) is 4.76. The first-order valence-electron chi connectivity index (χ1n) is 9.55. The number of fused-ring (bicyclic) bond motifs is 1. The summed E-state index contributed by atoms with van der Waals surface area (Å²) < 4.78 is 1.83. The van der Waals surface area contributed by atoms with Crippen LogP contribution in [0.25, 0.3) is 10.3 Å². The molecule has 3 aromatic rings. The van der Waals surface area contributed by atoms with Crippen molar-refractivity contribution in [1.29, 1.82) is 0 Å². The highest BCUT2D eigenvalue weighted by Crippen LogP contribution is 2.35. The summed E-state index contributed by atoms with van der Waals surface area (Å²) in [4.78, 5) is 28.2. The molecule has 1 aromatic carbocycles. The Morgan fingerprint density at radius 1 is 1.41 bits per heavy atom. The second-order valence-electron chi connectivity index (χ2n) is 7.34. The van der Waals surface area contributed by atoms with E-state index in [4.69, 9.17) is 4.98 Å². The Bertz CT molecular complexity index is 1040. The Balaban J connectivity index is 1.45. The summed E-state index contributed by atoms with van der Waals surface area (Å²) >= 11 is 6.54. The Hall–Kier alpha value is -1.71. The molecule has 0 saturated carbocycles. The zero-order valence-corrected chi connectivity index (χ0v) is 19.5. The van der Waals surface area contributed by atoms with Gasteiger partial charge in [0.05, 0.1) is 11.4 Å². The molecule has 2 aromatic heterocycles. The normalized spacial score (nSPS) is 16.9.